The van der Waals surface area contributed by atoms with Crippen molar-refractivity contribution in [2.75, 3.05) is 16.5 Å². The van der Waals surface area contributed by atoms with Crippen LogP contribution in [-0.2, 0) is 12.8 Å². The first kappa shape index (κ1) is 41.8. The molecule has 2 aromatic heterocycles. The monoisotopic (exact) mass is 854 g/mol. The smallest absolute Gasteiger partial charge is 0.137 e. The van der Waals surface area contributed by atoms with E-state index in [0.29, 0.717) is 6.67 Å². The number of nitrogens with zero attached hydrogens (tertiary/aromatic N) is 4. The van der Waals surface area contributed by atoms with Gasteiger partial charge in [-0.15, -0.1) is 0 Å². The van der Waals surface area contributed by atoms with Crippen molar-refractivity contribution < 1.29 is 9.13 Å². The van der Waals surface area contributed by atoms with Crippen LogP contribution in [0.15, 0.2) is 158 Å². The van der Waals surface area contributed by atoms with Gasteiger partial charge in [0.15, 0.2) is 0 Å². The van der Waals surface area contributed by atoms with Gasteiger partial charge >= 0.3 is 0 Å². The molecule has 1 aliphatic heterocycles. The zero-order chi connectivity index (χ0) is 44.9. The zero-order valence-electron chi connectivity index (χ0n) is 38.4. The summed E-state index contributed by atoms with van der Waals surface area (Å²) in [6.07, 6.45) is 3.71. The number of rotatable bonds is 11. The van der Waals surface area contributed by atoms with Gasteiger partial charge in [0.25, 0.3) is 0 Å². The molecule has 324 valence electrons. The van der Waals surface area contributed by atoms with Crippen molar-refractivity contribution in [1.82, 2.24) is 9.55 Å². The summed E-state index contributed by atoms with van der Waals surface area (Å²) >= 11 is 0. The van der Waals surface area contributed by atoms with Crippen LogP contribution in [0.2, 0.25) is 0 Å². The van der Waals surface area contributed by atoms with Gasteiger partial charge in [-0.05, 0) is 161 Å². The summed E-state index contributed by atoms with van der Waals surface area (Å²) in [6.45, 7) is 16.2. The Bertz CT molecular complexity index is 3200. The van der Waals surface area contributed by atoms with Gasteiger partial charge in [-0.2, -0.15) is 0 Å². The van der Waals surface area contributed by atoms with E-state index in [-0.39, 0.29) is 17.7 Å². The minimum Gasteiger partial charge on any atom is -0.457 e. The van der Waals surface area contributed by atoms with Crippen LogP contribution in [0.5, 0.6) is 11.5 Å². The molecule has 0 N–H and O–H groups in total. The van der Waals surface area contributed by atoms with E-state index in [0.717, 1.165) is 85.9 Å². The Morgan fingerprint density at radius 3 is 1.95 bits per heavy atom. The van der Waals surface area contributed by atoms with Crippen LogP contribution in [0.1, 0.15) is 81.2 Å². The number of aryl methyl sites for hydroxylation is 3. The average molecular weight is 855 g/mol. The highest BCUT2D eigenvalue weighted by Crippen LogP contribution is 2.51. The van der Waals surface area contributed by atoms with Crippen LogP contribution < -0.4 is 14.5 Å². The van der Waals surface area contributed by atoms with E-state index in [2.05, 4.69) is 184 Å². The third kappa shape index (κ3) is 7.61. The first-order valence-corrected chi connectivity index (χ1v) is 23.1. The number of ether oxygens (including phenoxy) is 1. The van der Waals surface area contributed by atoms with Gasteiger partial charge in [-0.1, -0.05) is 102 Å². The highest BCUT2D eigenvalue weighted by atomic mass is 19.1. The van der Waals surface area contributed by atoms with Gasteiger partial charge in [-0.3, -0.25) is 4.57 Å². The summed E-state index contributed by atoms with van der Waals surface area (Å²) in [5, 5.41) is 2.32. The van der Waals surface area contributed by atoms with Crippen molar-refractivity contribution in [3.05, 3.63) is 191 Å². The second-order valence-electron chi connectivity index (χ2n) is 18.0. The molecule has 0 unspecified atom stereocenters. The average Bonchev–Trinajstić information content (AvgIpc) is 3.86. The number of hydrogen-bond acceptors (Lipinski definition) is 4. The molecular weight excluding hydrogens is 800 g/mol. The highest BCUT2D eigenvalue weighted by molar-refractivity contribution is 6.09. The molecule has 5 nitrogen and oxygen atoms in total. The highest BCUT2D eigenvalue weighted by Gasteiger charge is 2.33. The first-order chi connectivity index (χ1) is 31.6. The maximum absolute atomic E-state index is 14.6. The third-order valence-corrected chi connectivity index (χ3v) is 13.1. The molecule has 0 saturated carbocycles. The Balaban J connectivity index is 1.13. The molecule has 6 heteroatoms. The number of anilines is 4. The summed E-state index contributed by atoms with van der Waals surface area (Å²) in [4.78, 5) is 9.75. The van der Waals surface area contributed by atoms with Crippen LogP contribution in [0.25, 0.3) is 49.9 Å². The fraction of sp³-hybridized carbons (Fsp3) is 0.203. The first-order valence-electron chi connectivity index (χ1n) is 23.1. The molecule has 0 radical (unpaired) electrons. The minimum absolute atomic E-state index is 0.219. The standard InChI is InChI=1S/C59H55FN4O/c1-8-40-16-14-17-41(9-2)58(40)44-30-46(34-48(31-44)65-47-24-25-50-49-20-10-11-21-53(49)64(56(50)35-47)57-28-39(7)26-27-61-57)62-36-63(55-23-13-12-22-54(55)62)59-51(37(3)4)32-43(33-52(59)38(5)6)42-18-15-19-45(60)29-42/h10-35,37-38H,8-9,36H2,1-7H3. The third-order valence-electron chi connectivity index (χ3n) is 13.1. The number of hydrogen-bond donors (Lipinski definition) is 0. The predicted molar refractivity (Wildman–Crippen MR) is 270 cm³/mol. The van der Waals surface area contributed by atoms with Crippen molar-refractivity contribution in [3.63, 3.8) is 0 Å². The fourth-order valence-corrected chi connectivity index (χ4v) is 9.93. The maximum atomic E-state index is 14.6. The van der Waals surface area contributed by atoms with Gasteiger partial charge in [0.2, 0.25) is 0 Å². The summed E-state index contributed by atoms with van der Waals surface area (Å²) in [5.74, 6) is 2.61. The van der Waals surface area contributed by atoms with Gasteiger partial charge in [-0.25, -0.2) is 9.37 Å². The lowest BCUT2D eigenvalue weighted by molar-refractivity contribution is 0.483. The van der Waals surface area contributed by atoms with E-state index in [9.17, 15) is 4.39 Å². The van der Waals surface area contributed by atoms with E-state index in [1.54, 1.807) is 12.1 Å². The van der Waals surface area contributed by atoms with E-state index in [4.69, 9.17) is 9.72 Å². The molecule has 3 heterocycles. The zero-order valence-corrected chi connectivity index (χ0v) is 38.4. The molecule has 0 amide bonds. The van der Waals surface area contributed by atoms with E-state index in [1.807, 2.05) is 18.3 Å². The lowest BCUT2D eigenvalue weighted by atomic mass is 9.87. The summed E-state index contributed by atoms with van der Waals surface area (Å²) < 4.78 is 23.9. The molecule has 65 heavy (non-hydrogen) atoms. The van der Waals surface area contributed by atoms with Gasteiger partial charge < -0.3 is 14.5 Å². The van der Waals surface area contributed by atoms with Gasteiger partial charge in [0, 0.05) is 40.5 Å². The van der Waals surface area contributed by atoms with E-state index in [1.165, 1.54) is 45.0 Å². The summed E-state index contributed by atoms with van der Waals surface area (Å²) in [7, 11) is 0. The summed E-state index contributed by atoms with van der Waals surface area (Å²) in [5.41, 5.74) is 17.3. The Kier molecular flexibility index (Phi) is 11.0. The number of fused-ring (bicyclic) bond motifs is 4. The van der Waals surface area contributed by atoms with Crippen molar-refractivity contribution in [2.24, 2.45) is 0 Å². The molecule has 9 aromatic rings. The van der Waals surface area contributed by atoms with Crippen LogP contribution in [0, 0.1) is 12.7 Å². The number of aromatic nitrogens is 2. The largest absolute Gasteiger partial charge is 0.457 e. The Labute approximate surface area is 382 Å². The van der Waals surface area contributed by atoms with E-state index >= 15 is 0 Å². The van der Waals surface area contributed by atoms with Crippen LogP contribution in [-0.4, -0.2) is 16.2 Å². The van der Waals surface area contributed by atoms with Gasteiger partial charge in [0.05, 0.1) is 22.4 Å². The molecule has 0 bridgehead atoms. The number of para-hydroxylation sites is 3. The predicted octanol–water partition coefficient (Wildman–Crippen LogP) is 16.4. The minimum atomic E-state index is -0.227. The Hall–Kier alpha value is -7.18. The number of pyridine rings is 1. The van der Waals surface area contributed by atoms with Crippen molar-refractivity contribution in [1.29, 1.82) is 0 Å². The van der Waals surface area contributed by atoms with Gasteiger partial charge in [0.1, 0.15) is 29.8 Å². The molecule has 0 saturated heterocycles. The molecule has 0 aliphatic carbocycles. The molecule has 1 aliphatic rings. The van der Waals surface area contributed by atoms with Crippen LogP contribution in [0.3, 0.4) is 0 Å². The molecular formula is C59H55FN4O. The topological polar surface area (TPSA) is 33.5 Å². The fourth-order valence-electron chi connectivity index (χ4n) is 9.93. The molecule has 10 rings (SSSR count). The SMILES string of the molecule is CCc1cccc(CC)c1-c1cc(Oc2ccc3c4ccccc4n(-c4cc(C)ccn4)c3c2)cc(N2CN(c3c(C(C)C)cc(-c4cccc(F)c4)cc3C(C)C)c3ccccc32)c1. The molecule has 0 atom stereocenters. The second kappa shape index (κ2) is 17.1. The Morgan fingerprint density at radius 1 is 0.585 bits per heavy atom. The van der Waals surface area contributed by atoms with Crippen molar-refractivity contribution in [3.8, 4) is 39.6 Å². The molecule has 7 aromatic carbocycles. The van der Waals surface area contributed by atoms with Crippen LogP contribution in [0.4, 0.5) is 27.1 Å². The van der Waals surface area contributed by atoms with E-state index < -0.39 is 0 Å². The lowest BCUT2D eigenvalue weighted by Gasteiger charge is -2.30. The number of benzene rings is 7. The second-order valence-corrected chi connectivity index (χ2v) is 18.0. The molecule has 0 fully saturated rings. The Morgan fingerprint density at radius 2 is 1.26 bits per heavy atom. The quantitative estimate of drug-likeness (QED) is 0.130. The van der Waals surface area contributed by atoms with Crippen LogP contribution >= 0.6 is 0 Å². The summed E-state index contributed by atoms with van der Waals surface area (Å²) in [6, 6.07) is 52.9. The normalized spacial score (nSPS) is 12.6. The van der Waals surface area contributed by atoms with Crippen molar-refractivity contribution in [2.45, 2.75) is 73.1 Å². The lowest BCUT2D eigenvalue weighted by Crippen LogP contribution is -2.26. The maximum Gasteiger partial charge on any atom is 0.137 e. The van der Waals surface area contributed by atoms with Crippen molar-refractivity contribution >= 4 is 44.6 Å². The number of halogens is 1. The molecule has 0 spiro atoms.